The molecule has 1 fully saturated rings. The number of hydrogen-bond acceptors (Lipinski definition) is 2. The summed E-state index contributed by atoms with van der Waals surface area (Å²) < 4.78 is 0. The molecule has 54 valence electrons. The number of imidazole rings is 1. The van der Waals surface area contributed by atoms with Gasteiger partial charge in [-0.05, 0) is 18.9 Å². The lowest BCUT2D eigenvalue weighted by Gasteiger charge is -1.89. The van der Waals surface area contributed by atoms with Crippen LogP contribution in [-0.4, -0.2) is 16.5 Å². The fraction of sp³-hybridized carbons (Fsp3) is 0.571. The predicted molar refractivity (Wildman–Crippen MR) is 38.5 cm³/mol. The summed E-state index contributed by atoms with van der Waals surface area (Å²) in [7, 11) is 0. The Labute approximate surface area is 59.7 Å². The number of aromatic nitrogens is 2. The Kier molecular flexibility index (Phi) is 1.24. The lowest BCUT2D eigenvalue weighted by molar-refractivity contribution is 0.786. The zero-order chi connectivity index (χ0) is 6.97. The van der Waals surface area contributed by atoms with Crippen molar-refractivity contribution in [1.29, 1.82) is 0 Å². The topological polar surface area (TPSA) is 54.7 Å². The summed E-state index contributed by atoms with van der Waals surface area (Å²) in [6.07, 6.45) is 4.87. The Hall–Kier alpha value is -0.830. The van der Waals surface area contributed by atoms with E-state index in [-0.39, 0.29) is 0 Å². The molecular formula is C7H11N3. The van der Waals surface area contributed by atoms with Crippen LogP contribution in [0.4, 0.5) is 0 Å². The summed E-state index contributed by atoms with van der Waals surface area (Å²) in [4.78, 5) is 7.26. The van der Waals surface area contributed by atoms with E-state index in [0.29, 0.717) is 11.8 Å². The van der Waals surface area contributed by atoms with Crippen molar-refractivity contribution in [3.05, 3.63) is 18.2 Å². The number of hydrogen-bond donors (Lipinski definition) is 2. The minimum absolute atomic E-state index is 0.625. The molecular weight excluding hydrogens is 126 g/mol. The largest absolute Gasteiger partial charge is 0.348 e. The average molecular weight is 137 g/mol. The van der Waals surface area contributed by atoms with Crippen molar-refractivity contribution < 1.29 is 0 Å². The third-order valence-electron chi connectivity index (χ3n) is 2.10. The molecule has 3 N–H and O–H groups in total. The maximum atomic E-state index is 5.49. The molecule has 0 spiro atoms. The van der Waals surface area contributed by atoms with Gasteiger partial charge in [-0.3, -0.25) is 0 Å². The Morgan fingerprint density at radius 3 is 3.20 bits per heavy atom. The van der Waals surface area contributed by atoms with Gasteiger partial charge in [0.05, 0.1) is 0 Å². The maximum absolute atomic E-state index is 5.49. The molecule has 2 rings (SSSR count). The lowest BCUT2D eigenvalue weighted by atomic mass is 10.3. The molecule has 0 unspecified atom stereocenters. The molecule has 3 heteroatoms. The van der Waals surface area contributed by atoms with Crippen LogP contribution in [-0.2, 0) is 0 Å². The van der Waals surface area contributed by atoms with Crippen LogP contribution in [0.2, 0.25) is 0 Å². The molecule has 0 radical (unpaired) electrons. The second-order valence-corrected chi connectivity index (χ2v) is 2.81. The molecule has 1 aromatic rings. The number of rotatable bonds is 2. The smallest absolute Gasteiger partial charge is 0.109 e. The summed E-state index contributed by atoms with van der Waals surface area (Å²) in [5, 5.41) is 0. The number of H-pyrrole nitrogens is 1. The molecule has 1 aromatic heterocycles. The molecule has 0 aliphatic heterocycles. The fourth-order valence-corrected chi connectivity index (χ4v) is 1.32. The molecule has 1 aliphatic carbocycles. The highest BCUT2D eigenvalue weighted by Crippen LogP contribution is 2.44. The summed E-state index contributed by atoms with van der Waals surface area (Å²) in [6, 6.07) is 0. The van der Waals surface area contributed by atoms with E-state index in [2.05, 4.69) is 9.97 Å². The molecule has 1 aliphatic rings. The highest BCUT2D eigenvalue weighted by Gasteiger charge is 2.38. The fourth-order valence-electron chi connectivity index (χ4n) is 1.32. The predicted octanol–water partition coefficient (Wildman–Crippen LogP) is 0.472. The van der Waals surface area contributed by atoms with Crippen LogP contribution in [0.1, 0.15) is 18.2 Å². The molecule has 0 aromatic carbocycles. The average Bonchev–Trinajstić information content (AvgIpc) is 2.56. The minimum Gasteiger partial charge on any atom is -0.348 e. The normalized spacial score (nSPS) is 30.5. The molecule has 1 saturated carbocycles. The van der Waals surface area contributed by atoms with Gasteiger partial charge in [-0.1, -0.05) is 0 Å². The van der Waals surface area contributed by atoms with E-state index in [9.17, 15) is 0 Å². The van der Waals surface area contributed by atoms with Crippen molar-refractivity contribution in [3.8, 4) is 0 Å². The first kappa shape index (κ1) is 5.92. The van der Waals surface area contributed by atoms with Gasteiger partial charge in [0.2, 0.25) is 0 Å². The standard InChI is InChI=1S/C7H11N3/c8-4-5-3-6(5)7-9-1-2-10-7/h1-2,5-6H,3-4,8H2,(H,9,10)/t5-,6+/m0/s1. The Bertz CT molecular complexity index is 205. The van der Waals surface area contributed by atoms with Crippen LogP contribution in [0.5, 0.6) is 0 Å². The highest BCUT2D eigenvalue weighted by molar-refractivity contribution is 5.10. The number of nitrogens with two attached hydrogens (primary N) is 1. The van der Waals surface area contributed by atoms with Crippen LogP contribution >= 0.6 is 0 Å². The van der Waals surface area contributed by atoms with E-state index in [0.717, 1.165) is 12.4 Å². The van der Waals surface area contributed by atoms with Gasteiger partial charge in [-0.2, -0.15) is 0 Å². The van der Waals surface area contributed by atoms with E-state index in [4.69, 9.17) is 5.73 Å². The number of nitrogens with zero attached hydrogens (tertiary/aromatic N) is 1. The van der Waals surface area contributed by atoms with Crippen molar-refractivity contribution >= 4 is 0 Å². The van der Waals surface area contributed by atoms with Crippen molar-refractivity contribution in [1.82, 2.24) is 9.97 Å². The van der Waals surface area contributed by atoms with Gasteiger partial charge in [0.25, 0.3) is 0 Å². The Balaban J connectivity index is 2.05. The first-order chi connectivity index (χ1) is 4.92. The molecule has 0 saturated heterocycles. The molecule has 3 nitrogen and oxygen atoms in total. The van der Waals surface area contributed by atoms with Gasteiger partial charge in [-0.25, -0.2) is 4.98 Å². The molecule has 10 heavy (non-hydrogen) atoms. The molecule has 1 heterocycles. The second-order valence-electron chi connectivity index (χ2n) is 2.81. The van der Waals surface area contributed by atoms with Crippen LogP contribution < -0.4 is 5.73 Å². The third-order valence-corrected chi connectivity index (χ3v) is 2.10. The monoisotopic (exact) mass is 137 g/mol. The maximum Gasteiger partial charge on any atom is 0.109 e. The summed E-state index contributed by atoms with van der Waals surface area (Å²) in [6.45, 7) is 0.797. The van der Waals surface area contributed by atoms with Crippen molar-refractivity contribution in [2.45, 2.75) is 12.3 Å². The van der Waals surface area contributed by atoms with Gasteiger partial charge in [0, 0.05) is 18.3 Å². The first-order valence-electron chi connectivity index (χ1n) is 3.61. The summed E-state index contributed by atoms with van der Waals surface area (Å²) in [5.41, 5.74) is 5.49. The van der Waals surface area contributed by atoms with Crippen LogP contribution in [0.15, 0.2) is 12.4 Å². The summed E-state index contributed by atoms with van der Waals surface area (Å²) in [5.74, 6) is 2.42. The van der Waals surface area contributed by atoms with E-state index < -0.39 is 0 Å². The zero-order valence-corrected chi connectivity index (χ0v) is 5.75. The van der Waals surface area contributed by atoms with Gasteiger partial charge in [0.1, 0.15) is 5.82 Å². The molecule has 0 bridgehead atoms. The van der Waals surface area contributed by atoms with Gasteiger partial charge in [-0.15, -0.1) is 0 Å². The lowest BCUT2D eigenvalue weighted by Crippen LogP contribution is -2.02. The summed E-state index contributed by atoms with van der Waals surface area (Å²) >= 11 is 0. The van der Waals surface area contributed by atoms with Crippen LogP contribution in [0.25, 0.3) is 0 Å². The van der Waals surface area contributed by atoms with Crippen LogP contribution in [0.3, 0.4) is 0 Å². The Morgan fingerprint density at radius 1 is 1.80 bits per heavy atom. The van der Waals surface area contributed by atoms with Crippen molar-refractivity contribution in [2.24, 2.45) is 11.7 Å². The number of aromatic amines is 1. The highest BCUT2D eigenvalue weighted by atomic mass is 14.9. The van der Waals surface area contributed by atoms with Gasteiger partial charge < -0.3 is 10.7 Å². The van der Waals surface area contributed by atoms with Gasteiger partial charge >= 0.3 is 0 Å². The second kappa shape index (κ2) is 2.09. The molecule has 2 atom stereocenters. The SMILES string of the molecule is NC[C@@H]1C[C@H]1c1ncc[nH]1. The zero-order valence-electron chi connectivity index (χ0n) is 5.75. The van der Waals surface area contributed by atoms with E-state index in [1.54, 1.807) is 6.20 Å². The molecule has 0 amide bonds. The van der Waals surface area contributed by atoms with Crippen LogP contribution in [0, 0.1) is 5.92 Å². The van der Waals surface area contributed by atoms with E-state index in [1.165, 1.54) is 6.42 Å². The quantitative estimate of drug-likeness (QED) is 0.622. The van der Waals surface area contributed by atoms with E-state index >= 15 is 0 Å². The van der Waals surface area contributed by atoms with E-state index in [1.807, 2.05) is 6.20 Å². The Morgan fingerprint density at radius 2 is 2.70 bits per heavy atom. The third kappa shape index (κ3) is 0.827. The van der Waals surface area contributed by atoms with Crippen molar-refractivity contribution in [2.75, 3.05) is 6.54 Å². The minimum atomic E-state index is 0.625. The first-order valence-corrected chi connectivity index (χ1v) is 3.61. The number of nitrogens with one attached hydrogen (secondary N) is 1. The van der Waals surface area contributed by atoms with Gasteiger partial charge in [0.15, 0.2) is 0 Å². The van der Waals surface area contributed by atoms with Crippen molar-refractivity contribution in [3.63, 3.8) is 0 Å².